The molecule has 0 spiro atoms. The second-order valence-corrected chi connectivity index (χ2v) is 5.64. The van der Waals surface area contributed by atoms with Crippen LogP contribution in [0.3, 0.4) is 0 Å². The summed E-state index contributed by atoms with van der Waals surface area (Å²) in [6.07, 6.45) is 1.70. The van der Waals surface area contributed by atoms with Crippen molar-refractivity contribution in [2.45, 2.75) is 45.7 Å². The summed E-state index contributed by atoms with van der Waals surface area (Å²) in [5.74, 6) is -1.04. The van der Waals surface area contributed by atoms with Crippen LogP contribution in [0.15, 0.2) is 0 Å². The standard InChI is InChI=1S/C14H27N3O3/c1-5-10(3)12(13(18)19)15-14(20)17-8-7-16(4)11(6-2)9-17/h10-12H,5-9H2,1-4H3,(H,15,20)(H,18,19)/t10-,11?,12-/m0/s1. The molecular formula is C14H27N3O3. The van der Waals surface area contributed by atoms with E-state index in [0.29, 0.717) is 19.1 Å². The molecule has 1 fully saturated rings. The van der Waals surface area contributed by atoms with E-state index in [1.54, 1.807) is 4.90 Å². The molecule has 0 aliphatic carbocycles. The van der Waals surface area contributed by atoms with Crippen molar-refractivity contribution in [1.29, 1.82) is 0 Å². The fourth-order valence-electron chi connectivity index (χ4n) is 2.48. The monoisotopic (exact) mass is 285 g/mol. The van der Waals surface area contributed by atoms with Crippen LogP contribution in [0.4, 0.5) is 4.79 Å². The van der Waals surface area contributed by atoms with Gasteiger partial charge in [0.1, 0.15) is 6.04 Å². The molecule has 6 heteroatoms. The van der Waals surface area contributed by atoms with Crippen molar-refractivity contribution in [3.63, 3.8) is 0 Å². The first-order valence-electron chi connectivity index (χ1n) is 7.39. The van der Waals surface area contributed by atoms with Crippen molar-refractivity contribution in [1.82, 2.24) is 15.1 Å². The number of likely N-dealkylation sites (N-methyl/N-ethyl adjacent to an activating group) is 1. The van der Waals surface area contributed by atoms with E-state index in [-0.39, 0.29) is 11.9 Å². The minimum absolute atomic E-state index is 0.0779. The molecule has 3 atom stereocenters. The van der Waals surface area contributed by atoms with Crippen molar-refractivity contribution in [2.75, 3.05) is 26.7 Å². The second kappa shape index (κ2) is 7.47. The van der Waals surface area contributed by atoms with E-state index >= 15 is 0 Å². The summed E-state index contributed by atoms with van der Waals surface area (Å²) in [4.78, 5) is 27.5. The SMILES string of the molecule is CCC1CN(C(=O)N[C@H](C(=O)O)[C@@H](C)CC)CCN1C. The number of urea groups is 1. The average molecular weight is 285 g/mol. The number of aliphatic carboxylic acids is 1. The van der Waals surface area contributed by atoms with Gasteiger partial charge in [-0.2, -0.15) is 0 Å². The molecule has 0 saturated carbocycles. The van der Waals surface area contributed by atoms with Gasteiger partial charge in [0.25, 0.3) is 0 Å². The lowest BCUT2D eigenvalue weighted by Gasteiger charge is -2.39. The maximum atomic E-state index is 12.2. The van der Waals surface area contributed by atoms with Gasteiger partial charge in [-0.05, 0) is 19.4 Å². The van der Waals surface area contributed by atoms with Gasteiger partial charge < -0.3 is 15.3 Å². The molecular weight excluding hydrogens is 258 g/mol. The Hall–Kier alpha value is -1.30. The Morgan fingerprint density at radius 1 is 1.35 bits per heavy atom. The van der Waals surface area contributed by atoms with Gasteiger partial charge in [0.15, 0.2) is 0 Å². The lowest BCUT2D eigenvalue weighted by molar-refractivity contribution is -0.140. The number of nitrogens with one attached hydrogen (secondary N) is 1. The minimum Gasteiger partial charge on any atom is -0.480 e. The molecule has 6 nitrogen and oxygen atoms in total. The average Bonchev–Trinajstić information content (AvgIpc) is 2.43. The van der Waals surface area contributed by atoms with Gasteiger partial charge in [-0.25, -0.2) is 9.59 Å². The predicted molar refractivity (Wildman–Crippen MR) is 77.7 cm³/mol. The first kappa shape index (κ1) is 16.8. The molecule has 0 aromatic rings. The fraction of sp³-hybridized carbons (Fsp3) is 0.857. The molecule has 0 bridgehead atoms. The summed E-state index contributed by atoms with van der Waals surface area (Å²) in [6, 6.07) is -0.724. The molecule has 1 rings (SSSR count). The fourth-order valence-corrected chi connectivity index (χ4v) is 2.48. The Morgan fingerprint density at radius 3 is 2.50 bits per heavy atom. The molecule has 1 heterocycles. The molecule has 20 heavy (non-hydrogen) atoms. The number of rotatable bonds is 5. The molecule has 0 aromatic carbocycles. The molecule has 2 N–H and O–H groups in total. The van der Waals surface area contributed by atoms with Crippen molar-refractivity contribution < 1.29 is 14.7 Å². The van der Waals surface area contributed by atoms with Crippen LogP contribution < -0.4 is 5.32 Å². The number of carboxylic acid groups (broad SMARTS) is 1. The number of nitrogens with zero attached hydrogens (tertiary/aromatic N) is 2. The Balaban J connectivity index is 2.63. The highest BCUT2D eigenvalue weighted by atomic mass is 16.4. The summed E-state index contributed by atoms with van der Waals surface area (Å²) < 4.78 is 0. The minimum atomic E-state index is -0.964. The molecule has 0 radical (unpaired) electrons. The maximum absolute atomic E-state index is 12.2. The quantitative estimate of drug-likeness (QED) is 0.796. The number of carbonyl (C=O) groups is 2. The number of hydrogen-bond donors (Lipinski definition) is 2. The molecule has 1 saturated heterocycles. The molecule has 2 amide bonds. The summed E-state index contributed by atoms with van der Waals surface area (Å²) in [5.41, 5.74) is 0. The second-order valence-electron chi connectivity index (χ2n) is 5.64. The van der Waals surface area contributed by atoms with Crippen LogP contribution in [-0.4, -0.2) is 65.7 Å². The van der Waals surface area contributed by atoms with Gasteiger partial charge in [0.2, 0.25) is 0 Å². The van der Waals surface area contributed by atoms with Crippen LogP contribution in [0, 0.1) is 5.92 Å². The van der Waals surface area contributed by atoms with Crippen molar-refractivity contribution in [3.05, 3.63) is 0 Å². The topological polar surface area (TPSA) is 72.9 Å². The van der Waals surface area contributed by atoms with Gasteiger partial charge in [0, 0.05) is 25.7 Å². The van der Waals surface area contributed by atoms with Crippen molar-refractivity contribution >= 4 is 12.0 Å². The highest BCUT2D eigenvalue weighted by Gasteiger charge is 2.30. The predicted octanol–water partition coefficient (Wildman–Crippen LogP) is 1.22. The first-order valence-corrected chi connectivity index (χ1v) is 7.39. The normalized spacial score (nSPS) is 23.2. The smallest absolute Gasteiger partial charge is 0.326 e. The van der Waals surface area contributed by atoms with E-state index in [2.05, 4.69) is 24.2 Å². The summed E-state index contributed by atoms with van der Waals surface area (Å²) >= 11 is 0. The number of piperazine rings is 1. The largest absolute Gasteiger partial charge is 0.480 e. The number of hydrogen-bond acceptors (Lipinski definition) is 3. The van der Waals surface area contributed by atoms with E-state index < -0.39 is 12.0 Å². The first-order chi connectivity index (χ1) is 9.40. The van der Waals surface area contributed by atoms with E-state index in [9.17, 15) is 14.7 Å². The molecule has 116 valence electrons. The number of carbonyl (C=O) groups excluding carboxylic acids is 1. The Labute approximate surface area is 121 Å². The molecule has 1 unspecified atom stereocenters. The molecule has 1 aliphatic heterocycles. The third kappa shape index (κ3) is 4.10. The van der Waals surface area contributed by atoms with Crippen LogP contribution in [-0.2, 0) is 4.79 Å². The van der Waals surface area contributed by atoms with E-state index in [1.165, 1.54) is 0 Å². The van der Waals surface area contributed by atoms with E-state index in [0.717, 1.165) is 19.4 Å². The van der Waals surface area contributed by atoms with Gasteiger partial charge in [-0.3, -0.25) is 4.90 Å². The van der Waals surface area contributed by atoms with Gasteiger partial charge in [-0.1, -0.05) is 27.2 Å². The van der Waals surface area contributed by atoms with Crippen molar-refractivity contribution in [2.24, 2.45) is 5.92 Å². The summed E-state index contributed by atoms with van der Waals surface area (Å²) in [5, 5.41) is 11.9. The lowest BCUT2D eigenvalue weighted by atomic mass is 9.99. The maximum Gasteiger partial charge on any atom is 0.326 e. The lowest BCUT2D eigenvalue weighted by Crippen LogP contribution is -2.58. The summed E-state index contributed by atoms with van der Waals surface area (Å²) in [7, 11) is 2.06. The molecule has 1 aliphatic rings. The highest BCUT2D eigenvalue weighted by molar-refractivity contribution is 5.82. The zero-order valence-electron chi connectivity index (χ0n) is 12.9. The van der Waals surface area contributed by atoms with Crippen LogP contribution in [0.2, 0.25) is 0 Å². The van der Waals surface area contributed by atoms with E-state index in [4.69, 9.17) is 0 Å². The Kier molecular flexibility index (Phi) is 6.26. The summed E-state index contributed by atoms with van der Waals surface area (Å²) in [6.45, 7) is 8.00. The van der Waals surface area contributed by atoms with Crippen molar-refractivity contribution in [3.8, 4) is 0 Å². The van der Waals surface area contributed by atoms with Gasteiger partial charge in [-0.15, -0.1) is 0 Å². The third-order valence-corrected chi connectivity index (χ3v) is 4.29. The van der Waals surface area contributed by atoms with E-state index in [1.807, 2.05) is 13.8 Å². The zero-order chi connectivity index (χ0) is 15.3. The van der Waals surface area contributed by atoms with Crippen LogP contribution in [0.1, 0.15) is 33.6 Å². The van der Waals surface area contributed by atoms with Crippen LogP contribution in [0.5, 0.6) is 0 Å². The van der Waals surface area contributed by atoms with Gasteiger partial charge in [0.05, 0.1) is 0 Å². The number of carboxylic acids is 1. The zero-order valence-corrected chi connectivity index (χ0v) is 12.9. The Bertz CT molecular complexity index is 349. The third-order valence-electron chi connectivity index (χ3n) is 4.29. The van der Waals surface area contributed by atoms with Crippen LogP contribution >= 0.6 is 0 Å². The highest BCUT2D eigenvalue weighted by Crippen LogP contribution is 2.13. The Morgan fingerprint density at radius 2 is 2.00 bits per heavy atom. The van der Waals surface area contributed by atoms with Gasteiger partial charge >= 0.3 is 12.0 Å². The number of amides is 2. The molecule has 0 aromatic heterocycles. The van der Waals surface area contributed by atoms with Crippen LogP contribution in [0.25, 0.3) is 0 Å².